The van der Waals surface area contributed by atoms with E-state index in [2.05, 4.69) is 5.48 Å². The van der Waals surface area contributed by atoms with Crippen molar-refractivity contribution in [1.82, 2.24) is 5.48 Å². The van der Waals surface area contributed by atoms with Gasteiger partial charge in [0.2, 0.25) is 0 Å². The third-order valence-corrected chi connectivity index (χ3v) is 3.52. The van der Waals surface area contributed by atoms with Gasteiger partial charge in [0.15, 0.2) is 0 Å². The number of benzene rings is 1. The summed E-state index contributed by atoms with van der Waals surface area (Å²) in [5.41, 5.74) is -0.517. The van der Waals surface area contributed by atoms with Crippen molar-refractivity contribution in [2.24, 2.45) is 0 Å². The Morgan fingerprint density at radius 2 is 2.10 bits per heavy atom. The number of carboxylic acid groups (broad SMARTS) is 1. The second-order valence-electron chi connectivity index (χ2n) is 4.72. The van der Waals surface area contributed by atoms with E-state index in [1.807, 2.05) is 0 Å². The van der Waals surface area contributed by atoms with Gasteiger partial charge >= 0.3 is 5.97 Å². The molecule has 1 aromatic carbocycles. The molecule has 0 aromatic heterocycles. The normalized spacial score (nSPS) is 29.1. The first kappa shape index (κ1) is 14.4. The van der Waals surface area contributed by atoms with Gasteiger partial charge in [0.1, 0.15) is 17.7 Å². The van der Waals surface area contributed by atoms with E-state index in [1.165, 1.54) is 0 Å². The monoisotopic (exact) mass is 282 g/mol. The van der Waals surface area contributed by atoms with Crippen LogP contribution in [0.1, 0.15) is 25.3 Å². The summed E-state index contributed by atoms with van der Waals surface area (Å²) in [6, 6.07) is 4.50. The largest absolute Gasteiger partial charge is 0.478 e. The molecule has 0 spiro atoms. The number of carbonyl (C=O) groups is 1. The summed E-state index contributed by atoms with van der Waals surface area (Å²) in [6.07, 6.45) is 0.0534. The zero-order chi connectivity index (χ0) is 15.0. The SMILES string of the molecule is CCC1(c2cc(F)cc(F)c2)CC(C#N)(C(=O)O)ON1. The average Bonchev–Trinajstić information content (AvgIpc) is 2.79. The summed E-state index contributed by atoms with van der Waals surface area (Å²) in [6.45, 7) is 1.70. The fraction of sp³-hybridized carbons (Fsp3) is 0.385. The van der Waals surface area contributed by atoms with Crippen LogP contribution in [-0.2, 0) is 15.2 Å². The maximum absolute atomic E-state index is 13.3. The van der Waals surface area contributed by atoms with E-state index >= 15 is 0 Å². The van der Waals surface area contributed by atoms with E-state index in [0.29, 0.717) is 6.42 Å². The fourth-order valence-electron chi connectivity index (χ4n) is 2.30. The second-order valence-corrected chi connectivity index (χ2v) is 4.72. The third-order valence-electron chi connectivity index (χ3n) is 3.52. The lowest BCUT2D eigenvalue weighted by molar-refractivity contribution is -0.158. The van der Waals surface area contributed by atoms with Gasteiger partial charge in [-0.3, -0.25) is 4.84 Å². The van der Waals surface area contributed by atoms with Gasteiger partial charge in [-0.05, 0) is 24.1 Å². The number of nitrogens with one attached hydrogen (secondary N) is 1. The van der Waals surface area contributed by atoms with Crippen LogP contribution < -0.4 is 5.48 Å². The first-order valence-corrected chi connectivity index (χ1v) is 5.94. The number of hydrogen-bond acceptors (Lipinski definition) is 4. The molecule has 1 fully saturated rings. The standard InChI is InChI=1S/C13H12F2N2O3/c1-2-12(8-3-9(14)5-10(15)4-8)6-13(7-16,11(18)19)20-17-12/h3-5,17H,2,6H2,1H3,(H,18,19). The van der Waals surface area contributed by atoms with Crippen molar-refractivity contribution in [2.45, 2.75) is 30.9 Å². The van der Waals surface area contributed by atoms with Gasteiger partial charge in [-0.15, -0.1) is 0 Å². The zero-order valence-corrected chi connectivity index (χ0v) is 10.6. The highest BCUT2D eigenvalue weighted by molar-refractivity contribution is 5.81. The zero-order valence-electron chi connectivity index (χ0n) is 10.6. The Bertz CT molecular complexity index is 582. The van der Waals surface area contributed by atoms with E-state index < -0.39 is 28.7 Å². The first-order valence-electron chi connectivity index (χ1n) is 5.94. The van der Waals surface area contributed by atoms with Crippen molar-refractivity contribution in [2.75, 3.05) is 0 Å². The van der Waals surface area contributed by atoms with Crippen molar-refractivity contribution in [3.05, 3.63) is 35.4 Å². The van der Waals surface area contributed by atoms with Crippen LogP contribution in [0.4, 0.5) is 8.78 Å². The lowest BCUT2D eigenvalue weighted by Gasteiger charge is -2.26. The Hall–Kier alpha value is -2.04. The Labute approximate surface area is 113 Å². The Balaban J connectivity index is 2.48. The van der Waals surface area contributed by atoms with E-state index in [4.69, 9.17) is 15.2 Å². The van der Waals surface area contributed by atoms with Gasteiger partial charge in [0, 0.05) is 12.5 Å². The third kappa shape index (κ3) is 2.13. The molecule has 1 aromatic rings. The maximum Gasteiger partial charge on any atom is 0.353 e. The lowest BCUT2D eigenvalue weighted by Crippen LogP contribution is -2.38. The van der Waals surface area contributed by atoms with Crippen LogP contribution in [0.15, 0.2) is 18.2 Å². The molecule has 7 heteroatoms. The minimum atomic E-state index is -2.07. The topological polar surface area (TPSA) is 82.4 Å². The van der Waals surface area contributed by atoms with Crippen LogP contribution in [-0.4, -0.2) is 16.7 Å². The summed E-state index contributed by atoms with van der Waals surface area (Å²) in [5, 5.41) is 18.1. The highest BCUT2D eigenvalue weighted by Crippen LogP contribution is 2.41. The van der Waals surface area contributed by atoms with Crippen LogP contribution in [0.2, 0.25) is 0 Å². The maximum atomic E-state index is 13.3. The van der Waals surface area contributed by atoms with Crippen LogP contribution in [0.5, 0.6) is 0 Å². The number of hydrogen-bond donors (Lipinski definition) is 2. The van der Waals surface area contributed by atoms with Crippen LogP contribution >= 0.6 is 0 Å². The molecule has 2 rings (SSSR count). The molecule has 5 nitrogen and oxygen atoms in total. The number of carboxylic acids is 1. The molecule has 0 amide bonds. The van der Waals surface area contributed by atoms with Gasteiger partial charge < -0.3 is 5.11 Å². The predicted octanol–water partition coefficient (Wildman–Crippen LogP) is 1.84. The van der Waals surface area contributed by atoms with Gasteiger partial charge in [0.25, 0.3) is 5.60 Å². The Morgan fingerprint density at radius 3 is 2.50 bits per heavy atom. The molecule has 0 bridgehead atoms. The number of hydroxylamine groups is 1. The smallest absolute Gasteiger partial charge is 0.353 e. The average molecular weight is 282 g/mol. The fourth-order valence-corrected chi connectivity index (χ4v) is 2.30. The molecule has 1 aliphatic heterocycles. The van der Waals surface area contributed by atoms with Gasteiger partial charge in [-0.2, -0.15) is 10.7 Å². The summed E-state index contributed by atoms with van der Waals surface area (Å²) in [4.78, 5) is 16.1. The summed E-state index contributed by atoms with van der Waals surface area (Å²) in [5.74, 6) is -3.00. The summed E-state index contributed by atoms with van der Waals surface area (Å²) < 4.78 is 26.7. The molecule has 2 unspecified atom stereocenters. The lowest BCUT2D eigenvalue weighted by atomic mass is 9.80. The van der Waals surface area contributed by atoms with E-state index in [0.717, 1.165) is 18.2 Å². The summed E-state index contributed by atoms with van der Waals surface area (Å²) in [7, 11) is 0. The molecule has 1 heterocycles. The van der Waals surface area contributed by atoms with Crippen molar-refractivity contribution in [3.8, 4) is 6.07 Å². The van der Waals surface area contributed by atoms with Gasteiger partial charge in [-0.25, -0.2) is 13.6 Å². The Morgan fingerprint density at radius 1 is 1.50 bits per heavy atom. The highest BCUT2D eigenvalue weighted by Gasteiger charge is 2.55. The molecule has 0 aliphatic carbocycles. The molecule has 2 atom stereocenters. The Kier molecular flexibility index (Phi) is 3.46. The molecular formula is C13H12F2N2O3. The van der Waals surface area contributed by atoms with Crippen molar-refractivity contribution >= 4 is 5.97 Å². The van der Waals surface area contributed by atoms with Gasteiger partial charge in [-0.1, -0.05) is 6.92 Å². The minimum Gasteiger partial charge on any atom is -0.478 e. The van der Waals surface area contributed by atoms with Crippen molar-refractivity contribution in [1.29, 1.82) is 5.26 Å². The molecule has 1 aliphatic rings. The van der Waals surface area contributed by atoms with Crippen LogP contribution in [0, 0.1) is 23.0 Å². The number of nitrogens with zero attached hydrogens (tertiary/aromatic N) is 1. The van der Waals surface area contributed by atoms with Crippen molar-refractivity contribution in [3.63, 3.8) is 0 Å². The highest BCUT2D eigenvalue weighted by atomic mass is 19.1. The second kappa shape index (κ2) is 4.81. The molecular weight excluding hydrogens is 270 g/mol. The molecule has 0 saturated carbocycles. The van der Waals surface area contributed by atoms with E-state index in [1.54, 1.807) is 13.0 Å². The van der Waals surface area contributed by atoms with E-state index in [-0.39, 0.29) is 12.0 Å². The number of rotatable bonds is 3. The molecule has 106 valence electrons. The van der Waals surface area contributed by atoms with Crippen LogP contribution in [0.3, 0.4) is 0 Å². The first-order chi connectivity index (χ1) is 9.37. The van der Waals surface area contributed by atoms with Gasteiger partial charge in [0.05, 0.1) is 5.54 Å². The molecule has 1 saturated heterocycles. The van der Waals surface area contributed by atoms with Crippen LogP contribution in [0.25, 0.3) is 0 Å². The molecule has 0 radical (unpaired) electrons. The number of nitriles is 1. The number of halogens is 2. The van der Waals surface area contributed by atoms with Crippen molar-refractivity contribution < 1.29 is 23.5 Å². The molecule has 2 N–H and O–H groups in total. The molecule has 20 heavy (non-hydrogen) atoms. The van der Waals surface area contributed by atoms with E-state index in [9.17, 15) is 13.6 Å². The minimum absolute atomic E-state index is 0.205. The predicted molar refractivity (Wildman–Crippen MR) is 63.1 cm³/mol. The number of aliphatic carboxylic acids is 1. The summed E-state index contributed by atoms with van der Waals surface area (Å²) >= 11 is 0. The quantitative estimate of drug-likeness (QED) is 0.884.